The number of hydrogen-bond acceptors (Lipinski definition) is 4. The molecule has 1 aromatic carbocycles. The summed E-state index contributed by atoms with van der Waals surface area (Å²) >= 11 is 0. The third-order valence-corrected chi connectivity index (χ3v) is 4.36. The molecule has 1 aromatic rings. The van der Waals surface area contributed by atoms with Crippen molar-refractivity contribution in [2.75, 3.05) is 0 Å². The highest BCUT2D eigenvalue weighted by Gasteiger charge is 2.13. The molecule has 0 spiro atoms. The number of aliphatic hydroxyl groups excluding tert-OH is 3. The van der Waals surface area contributed by atoms with Gasteiger partial charge in [-0.05, 0) is 30.4 Å². The molecule has 150 valence electrons. The standard InChI is InChI=1S/C22H32O5/c1-2-3-4-10-19(23)15-13-17-8-5-6-9-18(17)14-16-21(25)20(24)11-7-12-22(26)27/h5-6,8-9,13-16,19-21,23-25H,2-4,7,10-12H2,1H3,(H,26,27)/b15-13+,16-14+/t19-,20-,21+/m0/s1. The van der Waals surface area contributed by atoms with Crippen LogP contribution in [0.2, 0.25) is 0 Å². The van der Waals surface area contributed by atoms with Gasteiger partial charge in [-0.25, -0.2) is 0 Å². The SMILES string of the molecule is CCCCC[C@H](O)/C=C/c1ccccc1/C=C/[C@@H](O)[C@@H](O)CCCC(=O)O. The summed E-state index contributed by atoms with van der Waals surface area (Å²) in [5, 5.41) is 38.6. The maximum Gasteiger partial charge on any atom is 0.303 e. The van der Waals surface area contributed by atoms with Gasteiger partial charge in [0.2, 0.25) is 0 Å². The summed E-state index contributed by atoms with van der Waals surface area (Å²) in [6.45, 7) is 2.13. The van der Waals surface area contributed by atoms with Gasteiger partial charge >= 0.3 is 5.97 Å². The summed E-state index contributed by atoms with van der Waals surface area (Å²) in [6.07, 6.45) is 8.83. The van der Waals surface area contributed by atoms with Gasteiger partial charge in [-0.2, -0.15) is 0 Å². The molecule has 1 rings (SSSR count). The van der Waals surface area contributed by atoms with E-state index >= 15 is 0 Å². The monoisotopic (exact) mass is 376 g/mol. The molecule has 0 radical (unpaired) electrons. The summed E-state index contributed by atoms with van der Waals surface area (Å²) in [5.41, 5.74) is 1.78. The zero-order valence-corrected chi connectivity index (χ0v) is 16.0. The van der Waals surface area contributed by atoms with Crippen molar-refractivity contribution in [3.63, 3.8) is 0 Å². The molecule has 0 saturated heterocycles. The number of carbonyl (C=O) groups is 1. The lowest BCUT2D eigenvalue weighted by Gasteiger charge is -2.14. The molecule has 5 nitrogen and oxygen atoms in total. The third-order valence-electron chi connectivity index (χ3n) is 4.36. The van der Waals surface area contributed by atoms with E-state index in [1.165, 1.54) is 6.08 Å². The summed E-state index contributed by atoms with van der Waals surface area (Å²) in [5.74, 6) is -0.912. The van der Waals surface area contributed by atoms with Crippen molar-refractivity contribution < 1.29 is 25.2 Å². The van der Waals surface area contributed by atoms with Crippen LogP contribution in [0, 0.1) is 0 Å². The fourth-order valence-electron chi connectivity index (χ4n) is 2.69. The summed E-state index contributed by atoms with van der Waals surface area (Å²) in [6, 6.07) is 7.59. The normalized spacial score (nSPS) is 15.3. The van der Waals surface area contributed by atoms with Crippen LogP contribution in [0.4, 0.5) is 0 Å². The summed E-state index contributed by atoms with van der Waals surface area (Å²) < 4.78 is 0. The Labute approximate surface area is 161 Å². The highest BCUT2D eigenvalue weighted by atomic mass is 16.4. The van der Waals surface area contributed by atoms with Gasteiger partial charge in [0.05, 0.1) is 18.3 Å². The van der Waals surface area contributed by atoms with Gasteiger partial charge in [-0.1, -0.05) is 74.8 Å². The molecule has 0 aliphatic rings. The fourth-order valence-corrected chi connectivity index (χ4v) is 2.69. The van der Waals surface area contributed by atoms with Gasteiger partial charge < -0.3 is 20.4 Å². The first-order valence-electron chi connectivity index (χ1n) is 9.65. The number of carboxylic acids is 1. The Morgan fingerprint density at radius 1 is 0.963 bits per heavy atom. The van der Waals surface area contributed by atoms with Crippen LogP contribution in [0.3, 0.4) is 0 Å². The van der Waals surface area contributed by atoms with Crippen LogP contribution in [0.1, 0.15) is 63.0 Å². The van der Waals surface area contributed by atoms with Crippen LogP contribution in [0.25, 0.3) is 12.2 Å². The predicted molar refractivity (Wildman–Crippen MR) is 108 cm³/mol. The van der Waals surface area contributed by atoms with Gasteiger partial charge in [0, 0.05) is 6.42 Å². The molecule has 0 amide bonds. The van der Waals surface area contributed by atoms with Crippen molar-refractivity contribution in [3.05, 3.63) is 47.5 Å². The Hall–Kier alpha value is -1.95. The van der Waals surface area contributed by atoms with E-state index in [4.69, 9.17) is 5.11 Å². The Kier molecular flexibility index (Phi) is 11.3. The average Bonchev–Trinajstić information content (AvgIpc) is 2.64. The number of benzene rings is 1. The molecular weight excluding hydrogens is 344 g/mol. The maximum atomic E-state index is 10.5. The number of aliphatic hydroxyl groups is 3. The smallest absolute Gasteiger partial charge is 0.303 e. The lowest BCUT2D eigenvalue weighted by atomic mass is 10.0. The molecule has 0 aliphatic carbocycles. The van der Waals surface area contributed by atoms with Gasteiger partial charge in [-0.3, -0.25) is 4.79 Å². The van der Waals surface area contributed by atoms with Gasteiger partial charge in [0.25, 0.3) is 0 Å². The highest BCUT2D eigenvalue weighted by molar-refractivity contribution is 5.66. The second kappa shape index (κ2) is 13.3. The van der Waals surface area contributed by atoms with Gasteiger partial charge in [0.15, 0.2) is 0 Å². The van der Waals surface area contributed by atoms with Crippen LogP contribution in [0.15, 0.2) is 36.4 Å². The average molecular weight is 376 g/mol. The van der Waals surface area contributed by atoms with E-state index in [1.807, 2.05) is 30.3 Å². The molecule has 5 heteroatoms. The van der Waals surface area contributed by atoms with Crippen molar-refractivity contribution in [2.45, 2.75) is 70.2 Å². The Bertz CT molecular complexity index is 608. The largest absolute Gasteiger partial charge is 0.481 e. The van der Waals surface area contributed by atoms with Gasteiger partial charge in [0.1, 0.15) is 0 Å². The maximum absolute atomic E-state index is 10.5. The molecule has 0 aromatic heterocycles. The molecular formula is C22H32O5. The van der Waals surface area contributed by atoms with E-state index in [2.05, 4.69) is 6.92 Å². The Morgan fingerprint density at radius 2 is 1.59 bits per heavy atom. The van der Waals surface area contributed by atoms with Crippen molar-refractivity contribution in [3.8, 4) is 0 Å². The lowest BCUT2D eigenvalue weighted by Crippen LogP contribution is -2.23. The fraction of sp³-hybridized carbons (Fsp3) is 0.500. The van der Waals surface area contributed by atoms with Crippen molar-refractivity contribution in [1.82, 2.24) is 0 Å². The predicted octanol–water partition coefficient (Wildman–Crippen LogP) is 3.63. The van der Waals surface area contributed by atoms with Crippen LogP contribution in [-0.2, 0) is 4.79 Å². The molecule has 0 fully saturated rings. The minimum Gasteiger partial charge on any atom is -0.481 e. The lowest BCUT2D eigenvalue weighted by molar-refractivity contribution is -0.137. The second-order valence-corrected chi connectivity index (χ2v) is 6.75. The Balaban J connectivity index is 2.64. The topological polar surface area (TPSA) is 98.0 Å². The quantitative estimate of drug-likeness (QED) is 0.394. The van der Waals surface area contributed by atoms with E-state index in [-0.39, 0.29) is 12.8 Å². The van der Waals surface area contributed by atoms with Gasteiger partial charge in [-0.15, -0.1) is 0 Å². The van der Waals surface area contributed by atoms with Crippen molar-refractivity contribution in [1.29, 1.82) is 0 Å². The van der Waals surface area contributed by atoms with Crippen molar-refractivity contribution >= 4 is 18.1 Å². The number of rotatable bonds is 13. The first kappa shape index (κ1) is 23.1. The molecule has 0 unspecified atom stereocenters. The first-order valence-corrected chi connectivity index (χ1v) is 9.65. The molecule has 0 aliphatic heterocycles. The van der Waals surface area contributed by atoms with Crippen LogP contribution in [0.5, 0.6) is 0 Å². The van der Waals surface area contributed by atoms with Crippen LogP contribution < -0.4 is 0 Å². The molecule has 0 saturated carbocycles. The molecule has 27 heavy (non-hydrogen) atoms. The Morgan fingerprint density at radius 3 is 2.19 bits per heavy atom. The molecule has 0 heterocycles. The van der Waals surface area contributed by atoms with Crippen molar-refractivity contribution in [2.24, 2.45) is 0 Å². The number of unbranched alkanes of at least 4 members (excludes halogenated alkanes) is 2. The van der Waals surface area contributed by atoms with E-state index in [9.17, 15) is 20.1 Å². The van der Waals surface area contributed by atoms with E-state index in [0.29, 0.717) is 6.42 Å². The zero-order chi connectivity index (χ0) is 20.1. The van der Waals surface area contributed by atoms with Crippen LogP contribution >= 0.6 is 0 Å². The minimum atomic E-state index is -1.06. The number of carboxylic acid groups (broad SMARTS) is 1. The van der Waals surface area contributed by atoms with E-state index < -0.39 is 24.3 Å². The highest BCUT2D eigenvalue weighted by Crippen LogP contribution is 2.16. The first-order chi connectivity index (χ1) is 12.9. The minimum absolute atomic E-state index is 0.0261. The second-order valence-electron chi connectivity index (χ2n) is 6.75. The summed E-state index contributed by atoms with van der Waals surface area (Å²) in [4.78, 5) is 10.5. The zero-order valence-electron chi connectivity index (χ0n) is 16.0. The number of aliphatic carboxylic acids is 1. The summed E-state index contributed by atoms with van der Waals surface area (Å²) in [7, 11) is 0. The molecule has 3 atom stereocenters. The molecule has 0 bridgehead atoms. The van der Waals surface area contributed by atoms with E-state index in [0.717, 1.165) is 36.8 Å². The van der Waals surface area contributed by atoms with E-state index in [1.54, 1.807) is 12.2 Å². The third kappa shape index (κ3) is 10.1. The number of hydrogen-bond donors (Lipinski definition) is 4. The molecule has 4 N–H and O–H groups in total. The van der Waals surface area contributed by atoms with Crippen LogP contribution in [-0.4, -0.2) is 44.7 Å².